The van der Waals surface area contributed by atoms with Gasteiger partial charge in [-0.05, 0) is 43.7 Å². The van der Waals surface area contributed by atoms with E-state index in [-0.39, 0.29) is 6.03 Å². The SMILES string of the molecule is CN(C)c1ccccc1NC(=O)N1CCCC1C1CCCCC1. The van der Waals surface area contributed by atoms with Crippen molar-refractivity contribution in [2.75, 3.05) is 30.9 Å². The standard InChI is InChI=1S/C19H29N3O/c1-21(2)18-12-7-6-11-16(18)20-19(23)22-14-8-13-17(22)15-9-4-3-5-10-15/h6-7,11-12,15,17H,3-5,8-10,13-14H2,1-2H3,(H,20,23). The Morgan fingerprint density at radius 1 is 1.09 bits per heavy atom. The molecule has 126 valence electrons. The smallest absolute Gasteiger partial charge is 0.322 e. The first-order valence-corrected chi connectivity index (χ1v) is 9.01. The van der Waals surface area contributed by atoms with E-state index in [2.05, 4.69) is 10.2 Å². The third kappa shape index (κ3) is 3.62. The Morgan fingerprint density at radius 3 is 2.57 bits per heavy atom. The van der Waals surface area contributed by atoms with Gasteiger partial charge in [0.05, 0.1) is 11.4 Å². The molecule has 1 aliphatic heterocycles. The van der Waals surface area contributed by atoms with Gasteiger partial charge < -0.3 is 15.1 Å². The summed E-state index contributed by atoms with van der Waals surface area (Å²) in [5.74, 6) is 0.709. The van der Waals surface area contributed by atoms with Gasteiger partial charge in [0.25, 0.3) is 0 Å². The summed E-state index contributed by atoms with van der Waals surface area (Å²) in [6, 6.07) is 8.53. The summed E-state index contributed by atoms with van der Waals surface area (Å²) in [5.41, 5.74) is 1.95. The molecular formula is C19H29N3O. The van der Waals surface area contributed by atoms with Crippen LogP contribution in [-0.4, -0.2) is 37.6 Å². The van der Waals surface area contributed by atoms with Crippen LogP contribution in [0.5, 0.6) is 0 Å². The van der Waals surface area contributed by atoms with E-state index < -0.39 is 0 Å². The second-order valence-corrected chi connectivity index (χ2v) is 7.14. The molecule has 0 aromatic heterocycles. The monoisotopic (exact) mass is 315 g/mol. The fourth-order valence-electron chi connectivity index (χ4n) is 4.21. The first-order valence-electron chi connectivity index (χ1n) is 9.01. The largest absolute Gasteiger partial charge is 0.376 e. The predicted octanol–water partition coefficient (Wildman–Crippen LogP) is 4.33. The summed E-state index contributed by atoms with van der Waals surface area (Å²) in [4.78, 5) is 17.0. The lowest BCUT2D eigenvalue weighted by Crippen LogP contribution is -2.43. The molecule has 1 N–H and O–H groups in total. The molecule has 2 aliphatic rings. The number of hydrogen-bond donors (Lipinski definition) is 1. The fourth-order valence-corrected chi connectivity index (χ4v) is 4.21. The maximum Gasteiger partial charge on any atom is 0.322 e. The van der Waals surface area contributed by atoms with Crippen molar-refractivity contribution in [3.05, 3.63) is 24.3 Å². The van der Waals surface area contributed by atoms with Gasteiger partial charge in [-0.1, -0.05) is 31.4 Å². The molecule has 1 unspecified atom stereocenters. The molecule has 0 bridgehead atoms. The third-order valence-electron chi connectivity index (χ3n) is 5.38. The highest BCUT2D eigenvalue weighted by atomic mass is 16.2. The quantitative estimate of drug-likeness (QED) is 0.901. The Labute approximate surface area is 139 Å². The molecule has 1 heterocycles. The number of urea groups is 1. The van der Waals surface area contributed by atoms with E-state index >= 15 is 0 Å². The van der Waals surface area contributed by atoms with Gasteiger partial charge >= 0.3 is 6.03 Å². The van der Waals surface area contributed by atoms with Crippen LogP contribution in [0, 0.1) is 5.92 Å². The molecule has 1 atom stereocenters. The van der Waals surface area contributed by atoms with Crippen LogP contribution in [0.2, 0.25) is 0 Å². The van der Waals surface area contributed by atoms with Gasteiger partial charge in [0, 0.05) is 26.7 Å². The number of amides is 2. The molecule has 1 saturated carbocycles. The highest BCUT2D eigenvalue weighted by Crippen LogP contribution is 2.35. The second kappa shape index (κ2) is 7.24. The van der Waals surface area contributed by atoms with Crippen molar-refractivity contribution in [3.8, 4) is 0 Å². The summed E-state index contributed by atoms with van der Waals surface area (Å²) in [6.45, 7) is 0.900. The zero-order valence-corrected chi connectivity index (χ0v) is 14.4. The van der Waals surface area contributed by atoms with Crippen LogP contribution < -0.4 is 10.2 Å². The topological polar surface area (TPSA) is 35.6 Å². The average Bonchev–Trinajstić information content (AvgIpc) is 3.05. The Kier molecular flexibility index (Phi) is 5.09. The zero-order chi connectivity index (χ0) is 16.2. The number of nitrogens with zero attached hydrogens (tertiary/aromatic N) is 2. The summed E-state index contributed by atoms with van der Waals surface area (Å²) in [6.07, 6.45) is 8.94. The normalized spacial score (nSPS) is 22.2. The van der Waals surface area contributed by atoms with Gasteiger partial charge in [-0.15, -0.1) is 0 Å². The number of carbonyl (C=O) groups excluding carboxylic acids is 1. The van der Waals surface area contributed by atoms with Crippen molar-refractivity contribution in [2.24, 2.45) is 5.92 Å². The number of nitrogens with one attached hydrogen (secondary N) is 1. The van der Waals surface area contributed by atoms with Crippen LogP contribution in [0.4, 0.5) is 16.2 Å². The molecule has 1 aromatic carbocycles. The summed E-state index contributed by atoms with van der Waals surface area (Å²) < 4.78 is 0. The van der Waals surface area contributed by atoms with E-state index in [1.807, 2.05) is 43.3 Å². The maximum absolute atomic E-state index is 12.8. The lowest BCUT2D eigenvalue weighted by molar-refractivity contribution is 0.166. The van der Waals surface area contributed by atoms with Gasteiger partial charge in [-0.2, -0.15) is 0 Å². The predicted molar refractivity (Wildman–Crippen MR) is 96.1 cm³/mol. The lowest BCUT2D eigenvalue weighted by atomic mass is 9.83. The molecule has 23 heavy (non-hydrogen) atoms. The highest BCUT2D eigenvalue weighted by Gasteiger charge is 2.35. The molecule has 2 amide bonds. The number of benzene rings is 1. The van der Waals surface area contributed by atoms with Gasteiger partial charge in [0.2, 0.25) is 0 Å². The molecule has 2 fully saturated rings. The summed E-state index contributed by atoms with van der Waals surface area (Å²) in [5, 5.41) is 3.15. The van der Waals surface area contributed by atoms with Gasteiger partial charge in [-0.3, -0.25) is 0 Å². The lowest BCUT2D eigenvalue weighted by Gasteiger charge is -2.34. The van der Waals surface area contributed by atoms with Crippen LogP contribution in [0.3, 0.4) is 0 Å². The van der Waals surface area contributed by atoms with E-state index in [1.54, 1.807) is 0 Å². The summed E-state index contributed by atoms with van der Waals surface area (Å²) >= 11 is 0. The Balaban J connectivity index is 1.70. The molecule has 4 nitrogen and oxygen atoms in total. The van der Waals surface area contributed by atoms with E-state index in [4.69, 9.17) is 0 Å². The van der Waals surface area contributed by atoms with Crippen molar-refractivity contribution in [3.63, 3.8) is 0 Å². The first-order chi connectivity index (χ1) is 11.2. The van der Waals surface area contributed by atoms with E-state index in [9.17, 15) is 4.79 Å². The van der Waals surface area contributed by atoms with Crippen molar-refractivity contribution in [2.45, 2.75) is 51.0 Å². The minimum atomic E-state index is 0.0763. The van der Waals surface area contributed by atoms with E-state index in [0.717, 1.165) is 24.3 Å². The molecule has 3 rings (SSSR count). The van der Waals surface area contributed by atoms with Crippen LogP contribution >= 0.6 is 0 Å². The molecule has 4 heteroatoms. The van der Waals surface area contributed by atoms with Gasteiger partial charge in [0.1, 0.15) is 0 Å². The Morgan fingerprint density at radius 2 is 1.83 bits per heavy atom. The zero-order valence-electron chi connectivity index (χ0n) is 14.4. The van der Waals surface area contributed by atoms with Crippen LogP contribution in [0.1, 0.15) is 44.9 Å². The average molecular weight is 315 g/mol. The minimum Gasteiger partial charge on any atom is -0.376 e. The van der Waals surface area contributed by atoms with Crippen LogP contribution in [-0.2, 0) is 0 Å². The third-order valence-corrected chi connectivity index (χ3v) is 5.38. The fraction of sp³-hybridized carbons (Fsp3) is 0.632. The van der Waals surface area contributed by atoms with Gasteiger partial charge in [0.15, 0.2) is 0 Å². The number of para-hydroxylation sites is 2. The molecule has 1 aromatic rings. The van der Waals surface area contributed by atoms with Gasteiger partial charge in [-0.25, -0.2) is 4.79 Å². The Bertz CT molecular complexity index is 537. The number of hydrogen-bond acceptors (Lipinski definition) is 2. The second-order valence-electron chi connectivity index (χ2n) is 7.14. The Hall–Kier alpha value is -1.71. The molecule has 1 aliphatic carbocycles. The molecule has 0 radical (unpaired) electrons. The molecular weight excluding hydrogens is 286 g/mol. The van der Waals surface area contributed by atoms with Crippen LogP contribution in [0.15, 0.2) is 24.3 Å². The van der Waals surface area contributed by atoms with Crippen molar-refractivity contribution in [1.82, 2.24) is 4.90 Å². The van der Waals surface area contributed by atoms with Crippen molar-refractivity contribution in [1.29, 1.82) is 0 Å². The number of anilines is 2. The maximum atomic E-state index is 12.8. The van der Waals surface area contributed by atoms with Crippen molar-refractivity contribution >= 4 is 17.4 Å². The number of rotatable bonds is 3. The van der Waals surface area contributed by atoms with Crippen LogP contribution in [0.25, 0.3) is 0 Å². The highest BCUT2D eigenvalue weighted by molar-refractivity contribution is 5.93. The minimum absolute atomic E-state index is 0.0763. The number of carbonyl (C=O) groups is 1. The number of likely N-dealkylation sites (tertiary alicyclic amines) is 1. The first kappa shape index (κ1) is 16.2. The van der Waals surface area contributed by atoms with E-state index in [1.165, 1.54) is 38.5 Å². The summed E-state index contributed by atoms with van der Waals surface area (Å²) in [7, 11) is 4.01. The van der Waals surface area contributed by atoms with Crippen molar-refractivity contribution < 1.29 is 4.79 Å². The molecule has 0 spiro atoms. The molecule has 1 saturated heterocycles. The van der Waals surface area contributed by atoms with E-state index in [0.29, 0.717) is 12.0 Å².